The maximum absolute atomic E-state index is 10.2. The Morgan fingerprint density at radius 3 is 0.473 bits per heavy atom. The molecule has 0 atom stereocenters. The van der Waals surface area contributed by atoms with Crippen LogP contribution in [0.15, 0.2) is 182 Å². The van der Waals surface area contributed by atoms with Crippen LogP contribution in [-0.4, -0.2) is 51.1 Å². The molecule has 1 radical (unpaired) electrons. The number of carbonyl (C=O) groups excluding carboxylic acids is 3. The van der Waals surface area contributed by atoms with E-state index < -0.39 is 35.8 Å². The second kappa shape index (κ2) is 28.7. The molecule has 0 heterocycles. The number of carbonyl (C=O) groups is 6. The summed E-state index contributed by atoms with van der Waals surface area (Å²) in [6.07, 6.45) is 0. The van der Waals surface area contributed by atoms with Crippen LogP contribution in [0.2, 0.25) is 0 Å². The molecule has 55 heavy (non-hydrogen) atoms. The fraction of sp³-hybridized carbons (Fsp3) is 0. The van der Waals surface area contributed by atoms with Crippen LogP contribution in [-0.2, 0) is 0 Å². The van der Waals surface area contributed by atoms with Crippen LogP contribution in [0.3, 0.4) is 0 Å². The van der Waals surface area contributed by atoms with Gasteiger partial charge in [-0.15, -0.1) is 0 Å². The average Bonchev–Trinajstić information content (AvgIpc) is 3.21. The number of hydrogen-bond acceptors (Lipinski definition) is 9. The summed E-state index contributed by atoms with van der Waals surface area (Å²) in [6.45, 7) is 0. The Bertz CT molecular complexity index is 1610. The molecule has 6 aromatic carbocycles. The first-order valence-electron chi connectivity index (χ1n) is 15.5. The van der Waals surface area contributed by atoms with Crippen molar-refractivity contribution in [3.05, 3.63) is 215 Å². The molecule has 0 saturated carbocycles. The third-order valence-corrected chi connectivity index (χ3v) is 6.09. The predicted octanol–water partition coefficient (Wildman–Crippen LogP) is 4.30. The van der Waals surface area contributed by atoms with E-state index in [1.165, 1.54) is 36.4 Å². The summed E-state index contributed by atoms with van der Waals surface area (Å²) < 4.78 is 0. The fourth-order valence-electron chi connectivity index (χ4n) is 3.46. The van der Waals surface area contributed by atoms with Crippen LogP contribution in [0.4, 0.5) is 0 Å². The molecule has 6 rings (SSSR count). The van der Waals surface area contributed by atoms with Gasteiger partial charge in [0.15, 0.2) is 0 Å². The minimum absolute atomic E-state index is 0. The van der Waals surface area contributed by atoms with Gasteiger partial charge < -0.3 is 45.0 Å². The number of benzene rings is 6. The van der Waals surface area contributed by atoms with Gasteiger partial charge >= 0.3 is 49.0 Å². The van der Waals surface area contributed by atoms with Crippen molar-refractivity contribution in [3.8, 4) is 0 Å². The molecule has 0 aliphatic carbocycles. The van der Waals surface area contributed by atoms with Crippen molar-refractivity contribution in [2.75, 3.05) is 0 Å². The Hall–Kier alpha value is -6.81. The normalized spacial score (nSPS) is 8.73. The number of carboxylic acid groups (broad SMARTS) is 6. The van der Waals surface area contributed by atoms with Crippen LogP contribution in [0.25, 0.3) is 0 Å². The summed E-state index contributed by atoms with van der Waals surface area (Å²) in [5, 5.41) is 55.4. The van der Waals surface area contributed by atoms with E-state index in [9.17, 15) is 44.1 Å². The zero-order chi connectivity index (χ0) is 40.1. The Labute approximate surface area is 340 Å². The Balaban J connectivity index is 0.000000634. The molecule has 0 aromatic heterocycles. The van der Waals surface area contributed by atoms with E-state index in [1.807, 2.05) is 0 Å². The van der Waals surface area contributed by atoms with E-state index in [0.717, 1.165) is 0 Å². The Morgan fingerprint density at radius 2 is 0.400 bits per heavy atom. The van der Waals surface area contributed by atoms with Gasteiger partial charge in [-0.3, -0.25) is 0 Å². The molecule has 0 saturated heterocycles. The molecule has 3 N–H and O–H groups in total. The molecule has 12 nitrogen and oxygen atoms in total. The SMILES string of the molecule is O=C(O)c1ccccc1.O=C(O)c1ccccc1.O=C(O)c1ccccc1.O=C([O-])c1ccccc1.O=C([O-])c1ccccc1.O=C([O-])c1ccccc1.[U+3]. The predicted molar refractivity (Wildman–Crippen MR) is 193 cm³/mol. The van der Waals surface area contributed by atoms with Crippen LogP contribution < -0.4 is 15.3 Å². The van der Waals surface area contributed by atoms with Gasteiger partial charge in [0.25, 0.3) is 0 Å². The molecule has 277 valence electrons. The average molecular weight is 968 g/mol. The van der Waals surface area contributed by atoms with Gasteiger partial charge in [0, 0.05) is 0 Å². The fourth-order valence-corrected chi connectivity index (χ4v) is 3.46. The molecule has 0 bridgehead atoms. The number of aromatic carboxylic acids is 6. The maximum Gasteiger partial charge on any atom is 3.00 e. The summed E-state index contributed by atoms with van der Waals surface area (Å²) in [5.74, 6) is -6.02. The van der Waals surface area contributed by atoms with Crippen molar-refractivity contribution < 1.29 is 90.5 Å². The van der Waals surface area contributed by atoms with Gasteiger partial charge in [-0.05, 0) is 53.1 Å². The number of hydrogen-bond donors (Lipinski definition) is 3. The first-order chi connectivity index (χ1) is 25.8. The standard InChI is InChI=1S/6C7H6O2.U/c6*8-7(9)6-4-2-1-3-5-6;/h6*1-5H,(H,8,9);/q;;;;;;+3/p-3. The second-order valence-corrected chi connectivity index (χ2v) is 9.97. The molecule has 0 aliphatic rings. The van der Waals surface area contributed by atoms with Crippen molar-refractivity contribution >= 4 is 35.8 Å². The summed E-state index contributed by atoms with van der Waals surface area (Å²) in [6, 6.07) is 49.1. The smallest absolute Gasteiger partial charge is 0.545 e. The molecule has 0 aliphatic heterocycles. The van der Waals surface area contributed by atoms with Crippen LogP contribution >= 0.6 is 0 Å². The molecule has 0 spiro atoms. The second-order valence-electron chi connectivity index (χ2n) is 9.97. The summed E-state index contributed by atoms with van der Waals surface area (Å²) >= 11 is 0. The van der Waals surface area contributed by atoms with Crippen molar-refractivity contribution in [2.24, 2.45) is 0 Å². The van der Waals surface area contributed by atoms with Crippen LogP contribution in [0.1, 0.15) is 62.1 Å². The van der Waals surface area contributed by atoms with E-state index in [0.29, 0.717) is 16.7 Å². The Morgan fingerprint density at radius 1 is 0.273 bits per heavy atom. The maximum atomic E-state index is 10.2. The Kier molecular flexibility index (Phi) is 25.2. The van der Waals surface area contributed by atoms with E-state index >= 15 is 0 Å². The van der Waals surface area contributed by atoms with E-state index in [2.05, 4.69) is 0 Å². The van der Waals surface area contributed by atoms with Gasteiger partial charge in [0.2, 0.25) is 0 Å². The molecule has 0 amide bonds. The molecule has 0 unspecified atom stereocenters. The molecule has 13 heteroatoms. The summed E-state index contributed by atoms with van der Waals surface area (Å²) in [7, 11) is 0. The zero-order valence-electron chi connectivity index (χ0n) is 28.8. The van der Waals surface area contributed by atoms with Crippen molar-refractivity contribution in [1.29, 1.82) is 0 Å². The van der Waals surface area contributed by atoms with Gasteiger partial charge in [0.1, 0.15) is 0 Å². The zero-order valence-corrected chi connectivity index (χ0v) is 33.0. The largest absolute Gasteiger partial charge is 3.00 e. The molecule has 0 fully saturated rings. The molecular formula is C42H33O12U. The minimum atomic E-state index is -1.13. The van der Waals surface area contributed by atoms with Gasteiger partial charge in [0.05, 0.1) is 34.6 Å². The van der Waals surface area contributed by atoms with E-state index in [1.54, 1.807) is 146 Å². The van der Waals surface area contributed by atoms with Crippen molar-refractivity contribution in [2.45, 2.75) is 0 Å². The quantitative estimate of drug-likeness (QED) is 0.212. The first-order valence-corrected chi connectivity index (χ1v) is 15.5. The van der Waals surface area contributed by atoms with Gasteiger partial charge in [-0.2, -0.15) is 0 Å². The monoisotopic (exact) mass is 967 g/mol. The van der Waals surface area contributed by atoms with E-state index in [-0.39, 0.29) is 47.8 Å². The third-order valence-electron chi connectivity index (χ3n) is 6.09. The molecular weight excluding hydrogens is 934 g/mol. The minimum Gasteiger partial charge on any atom is -0.545 e. The van der Waals surface area contributed by atoms with Crippen molar-refractivity contribution in [1.82, 2.24) is 0 Å². The summed E-state index contributed by atoms with van der Waals surface area (Å²) in [4.78, 5) is 60.9. The topological polar surface area (TPSA) is 232 Å². The first kappa shape index (κ1) is 48.2. The van der Waals surface area contributed by atoms with E-state index in [4.69, 9.17) is 15.3 Å². The van der Waals surface area contributed by atoms with Gasteiger partial charge in [-0.25, -0.2) is 14.4 Å². The van der Waals surface area contributed by atoms with Gasteiger partial charge in [-0.1, -0.05) is 146 Å². The van der Waals surface area contributed by atoms with Crippen LogP contribution in [0.5, 0.6) is 0 Å². The molecule has 6 aromatic rings. The van der Waals surface area contributed by atoms with Crippen LogP contribution in [0, 0.1) is 31.1 Å². The number of rotatable bonds is 6. The number of carboxylic acids is 6. The summed E-state index contributed by atoms with van der Waals surface area (Å²) in [5.41, 5.74) is 1.65. The third kappa shape index (κ3) is 22.7. The van der Waals surface area contributed by atoms with Crippen molar-refractivity contribution in [3.63, 3.8) is 0 Å².